The highest BCUT2D eigenvalue weighted by atomic mass is 16.2. The fourth-order valence-electron chi connectivity index (χ4n) is 3.15. The maximum atomic E-state index is 12.6. The van der Waals surface area contributed by atoms with Crippen molar-refractivity contribution in [2.45, 2.75) is 39.0 Å². The van der Waals surface area contributed by atoms with Gasteiger partial charge in [0.15, 0.2) is 0 Å². The van der Waals surface area contributed by atoms with Crippen LogP contribution in [-0.4, -0.2) is 49.4 Å². The number of piperidine rings is 2. The smallest absolute Gasteiger partial charge is 0.227 e. The van der Waals surface area contributed by atoms with Crippen molar-refractivity contribution in [2.24, 2.45) is 11.8 Å². The lowest BCUT2D eigenvalue weighted by molar-refractivity contribution is -0.138. The van der Waals surface area contributed by atoms with Crippen LogP contribution in [0.1, 0.15) is 39.0 Å². The van der Waals surface area contributed by atoms with Crippen molar-refractivity contribution in [2.75, 3.05) is 32.7 Å². The fourth-order valence-corrected chi connectivity index (χ4v) is 3.15. The molecule has 0 aromatic heterocycles. The Morgan fingerprint density at radius 1 is 1.35 bits per heavy atom. The summed E-state index contributed by atoms with van der Waals surface area (Å²) in [6.07, 6.45) is 4.60. The van der Waals surface area contributed by atoms with E-state index in [4.69, 9.17) is 0 Å². The minimum atomic E-state index is -0.0178. The first kappa shape index (κ1) is 15.3. The molecule has 0 aromatic carbocycles. The van der Waals surface area contributed by atoms with Crippen LogP contribution in [-0.2, 0) is 9.59 Å². The third-order valence-corrected chi connectivity index (χ3v) is 4.30. The van der Waals surface area contributed by atoms with Gasteiger partial charge in [-0.3, -0.25) is 9.59 Å². The largest absolute Gasteiger partial charge is 0.355 e. The first-order valence-electron chi connectivity index (χ1n) is 7.97. The van der Waals surface area contributed by atoms with Gasteiger partial charge in [0, 0.05) is 26.1 Å². The summed E-state index contributed by atoms with van der Waals surface area (Å²) >= 11 is 0. The van der Waals surface area contributed by atoms with E-state index in [-0.39, 0.29) is 17.7 Å². The van der Waals surface area contributed by atoms with E-state index in [1.165, 1.54) is 12.8 Å². The van der Waals surface area contributed by atoms with Crippen LogP contribution < -0.4 is 10.6 Å². The van der Waals surface area contributed by atoms with Gasteiger partial charge in [0.2, 0.25) is 11.8 Å². The standard InChI is InChI=1S/C15H27N3O2/c1-2-8-18(11-12-4-3-7-16-9-12)15(20)13-5-6-14(19)17-10-13/h12-13,16H,2-11H2,1H3,(H,17,19). The van der Waals surface area contributed by atoms with Gasteiger partial charge < -0.3 is 15.5 Å². The molecule has 0 bridgehead atoms. The van der Waals surface area contributed by atoms with Crippen LogP contribution >= 0.6 is 0 Å². The summed E-state index contributed by atoms with van der Waals surface area (Å²) in [6, 6.07) is 0. The predicted octanol–water partition coefficient (Wildman–Crippen LogP) is 0.751. The molecule has 0 saturated carbocycles. The summed E-state index contributed by atoms with van der Waals surface area (Å²) < 4.78 is 0. The molecule has 2 rings (SSSR count). The zero-order valence-electron chi connectivity index (χ0n) is 12.5. The molecule has 0 aromatic rings. The molecular weight excluding hydrogens is 254 g/mol. The highest BCUT2D eigenvalue weighted by Gasteiger charge is 2.29. The number of hydrogen-bond acceptors (Lipinski definition) is 3. The molecule has 5 heteroatoms. The predicted molar refractivity (Wildman–Crippen MR) is 78.2 cm³/mol. The zero-order chi connectivity index (χ0) is 14.4. The summed E-state index contributed by atoms with van der Waals surface area (Å²) in [5.41, 5.74) is 0. The Kier molecular flexibility index (Phi) is 5.83. The number of rotatable bonds is 5. The zero-order valence-corrected chi connectivity index (χ0v) is 12.5. The molecule has 0 radical (unpaired) electrons. The third-order valence-electron chi connectivity index (χ3n) is 4.30. The van der Waals surface area contributed by atoms with E-state index in [0.717, 1.165) is 32.6 Å². The Morgan fingerprint density at radius 3 is 2.80 bits per heavy atom. The average molecular weight is 281 g/mol. The van der Waals surface area contributed by atoms with Gasteiger partial charge in [-0.25, -0.2) is 0 Å². The summed E-state index contributed by atoms with van der Waals surface area (Å²) in [4.78, 5) is 25.8. The maximum Gasteiger partial charge on any atom is 0.227 e. The molecule has 2 atom stereocenters. The number of amides is 2. The van der Waals surface area contributed by atoms with E-state index < -0.39 is 0 Å². The van der Waals surface area contributed by atoms with E-state index in [1.54, 1.807) is 0 Å². The molecule has 2 N–H and O–H groups in total. The third kappa shape index (κ3) is 4.20. The number of carbonyl (C=O) groups is 2. The highest BCUT2D eigenvalue weighted by Crippen LogP contribution is 2.18. The summed E-state index contributed by atoms with van der Waals surface area (Å²) in [7, 11) is 0. The molecular formula is C15H27N3O2. The van der Waals surface area contributed by atoms with Gasteiger partial charge in [-0.1, -0.05) is 6.92 Å². The molecule has 2 fully saturated rings. The second-order valence-electron chi connectivity index (χ2n) is 6.04. The fraction of sp³-hybridized carbons (Fsp3) is 0.867. The lowest BCUT2D eigenvalue weighted by atomic mass is 9.95. The monoisotopic (exact) mass is 281 g/mol. The van der Waals surface area contributed by atoms with Crippen LogP contribution in [0.2, 0.25) is 0 Å². The van der Waals surface area contributed by atoms with Gasteiger partial charge in [-0.2, -0.15) is 0 Å². The Morgan fingerprint density at radius 2 is 2.20 bits per heavy atom. The molecule has 2 heterocycles. The minimum Gasteiger partial charge on any atom is -0.355 e. The normalized spacial score (nSPS) is 26.9. The van der Waals surface area contributed by atoms with Gasteiger partial charge in [-0.05, 0) is 44.7 Å². The van der Waals surface area contributed by atoms with Gasteiger partial charge in [0.1, 0.15) is 0 Å². The second kappa shape index (κ2) is 7.62. The van der Waals surface area contributed by atoms with Gasteiger partial charge in [-0.15, -0.1) is 0 Å². The first-order chi connectivity index (χ1) is 9.70. The Hall–Kier alpha value is -1.10. The van der Waals surface area contributed by atoms with Crippen molar-refractivity contribution in [3.8, 4) is 0 Å². The summed E-state index contributed by atoms with van der Waals surface area (Å²) in [6.45, 7) is 6.45. The van der Waals surface area contributed by atoms with Gasteiger partial charge in [0.05, 0.1) is 5.92 Å². The van der Waals surface area contributed by atoms with E-state index in [2.05, 4.69) is 17.6 Å². The maximum absolute atomic E-state index is 12.6. The highest BCUT2D eigenvalue weighted by molar-refractivity contribution is 5.83. The van der Waals surface area contributed by atoms with E-state index in [1.807, 2.05) is 4.90 Å². The minimum absolute atomic E-state index is 0.0178. The van der Waals surface area contributed by atoms with E-state index >= 15 is 0 Å². The molecule has 2 saturated heterocycles. The summed E-state index contributed by atoms with van der Waals surface area (Å²) in [5, 5.41) is 6.23. The second-order valence-corrected chi connectivity index (χ2v) is 6.04. The Balaban J connectivity index is 1.88. The number of nitrogens with one attached hydrogen (secondary N) is 2. The van der Waals surface area contributed by atoms with Crippen molar-refractivity contribution in [3.63, 3.8) is 0 Å². The molecule has 2 aliphatic rings. The Bertz CT molecular complexity index is 330. The van der Waals surface area contributed by atoms with Gasteiger partial charge >= 0.3 is 0 Å². The molecule has 20 heavy (non-hydrogen) atoms. The molecule has 2 unspecified atom stereocenters. The average Bonchev–Trinajstić information content (AvgIpc) is 2.48. The van der Waals surface area contributed by atoms with Crippen molar-refractivity contribution in [1.82, 2.24) is 15.5 Å². The lowest BCUT2D eigenvalue weighted by Gasteiger charge is -2.33. The summed E-state index contributed by atoms with van der Waals surface area (Å²) in [5.74, 6) is 0.873. The van der Waals surface area contributed by atoms with Crippen LogP contribution in [0, 0.1) is 11.8 Å². The Labute approximate surface area is 121 Å². The van der Waals surface area contributed by atoms with E-state index in [0.29, 0.717) is 25.3 Å². The molecule has 5 nitrogen and oxygen atoms in total. The van der Waals surface area contributed by atoms with Crippen LogP contribution in [0.15, 0.2) is 0 Å². The first-order valence-corrected chi connectivity index (χ1v) is 7.97. The number of hydrogen-bond donors (Lipinski definition) is 2. The quantitative estimate of drug-likeness (QED) is 0.782. The van der Waals surface area contributed by atoms with Crippen molar-refractivity contribution in [1.29, 1.82) is 0 Å². The molecule has 0 aliphatic carbocycles. The number of carbonyl (C=O) groups excluding carboxylic acids is 2. The topological polar surface area (TPSA) is 61.4 Å². The SMILES string of the molecule is CCCN(CC1CCCNC1)C(=O)C1CCC(=O)NC1. The van der Waals surface area contributed by atoms with Crippen molar-refractivity contribution >= 4 is 11.8 Å². The van der Waals surface area contributed by atoms with Crippen LogP contribution in [0.25, 0.3) is 0 Å². The molecule has 114 valence electrons. The number of nitrogens with zero attached hydrogens (tertiary/aromatic N) is 1. The van der Waals surface area contributed by atoms with E-state index in [9.17, 15) is 9.59 Å². The molecule has 0 spiro atoms. The van der Waals surface area contributed by atoms with Crippen LogP contribution in [0.4, 0.5) is 0 Å². The van der Waals surface area contributed by atoms with Crippen LogP contribution in [0.5, 0.6) is 0 Å². The van der Waals surface area contributed by atoms with Gasteiger partial charge in [0.25, 0.3) is 0 Å². The molecule has 2 amide bonds. The lowest BCUT2D eigenvalue weighted by Crippen LogP contribution is -2.47. The van der Waals surface area contributed by atoms with Crippen molar-refractivity contribution in [3.05, 3.63) is 0 Å². The van der Waals surface area contributed by atoms with Crippen molar-refractivity contribution < 1.29 is 9.59 Å². The van der Waals surface area contributed by atoms with Crippen LogP contribution in [0.3, 0.4) is 0 Å². The molecule has 2 aliphatic heterocycles.